The van der Waals surface area contributed by atoms with Crippen molar-refractivity contribution in [3.05, 3.63) is 58.8 Å². The smallest absolute Gasteiger partial charge is 0.0852 e. The topological polar surface area (TPSA) is 95.6 Å². The lowest BCUT2D eigenvalue weighted by atomic mass is 10.3. The first kappa shape index (κ1) is 16.0. The molecule has 3 rings (SSSR count). The number of rotatable bonds is 1. The van der Waals surface area contributed by atoms with E-state index in [2.05, 4.69) is 31.0 Å². The third kappa shape index (κ3) is 4.29. The Balaban J connectivity index is 0.000000188. The van der Waals surface area contributed by atoms with Gasteiger partial charge in [0.25, 0.3) is 0 Å². The van der Waals surface area contributed by atoms with Gasteiger partial charge in [0.2, 0.25) is 0 Å². The molecular formula is C15H17BrN6. The van der Waals surface area contributed by atoms with E-state index in [4.69, 9.17) is 11.5 Å². The lowest BCUT2D eigenvalue weighted by Gasteiger charge is -2.03. The minimum Gasteiger partial charge on any atom is -0.397 e. The summed E-state index contributed by atoms with van der Waals surface area (Å²) in [6.07, 6.45) is 6.66. The molecule has 4 N–H and O–H groups in total. The lowest BCUT2D eigenvalue weighted by Crippen LogP contribution is -2.00. The van der Waals surface area contributed by atoms with Gasteiger partial charge >= 0.3 is 0 Å². The number of hydrogen-bond acceptors (Lipinski definition) is 5. The van der Waals surface area contributed by atoms with Gasteiger partial charge in [-0.05, 0) is 48.0 Å². The molecular weight excluding hydrogens is 344 g/mol. The van der Waals surface area contributed by atoms with Crippen molar-refractivity contribution in [3.63, 3.8) is 0 Å². The third-order valence-electron chi connectivity index (χ3n) is 2.73. The van der Waals surface area contributed by atoms with Crippen LogP contribution >= 0.6 is 15.9 Å². The molecule has 0 saturated carbocycles. The summed E-state index contributed by atoms with van der Waals surface area (Å²) in [4.78, 5) is 7.84. The SMILES string of the molecule is Cc1cc(C)n(-c2cncc(N)c2)n1.Nc1cncc(Br)c1. The number of aromatic nitrogens is 4. The molecule has 0 fully saturated rings. The molecule has 22 heavy (non-hydrogen) atoms. The van der Waals surface area contributed by atoms with Gasteiger partial charge in [-0.3, -0.25) is 9.97 Å². The lowest BCUT2D eigenvalue weighted by molar-refractivity contribution is 0.829. The van der Waals surface area contributed by atoms with Gasteiger partial charge in [0.05, 0.1) is 29.0 Å². The zero-order valence-corrected chi connectivity index (χ0v) is 13.9. The molecule has 0 bridgehead atoms. The molecule has 6 nitrogen and oxygen atoms in total. The van der Waals surface area contributed by atoms with E-state index in [1.165, 1.54) is 0 Å². The second kappa shape index (κ2) is 7.04. The summed E-state index contributed by atoms with van der Waals surface area (Å²) in [5.74, 6) is 0. The van der Waals surface area contributed by atoms with E-state index < -0.39 is 0 Å². The van der Waals surface area contributed by atoms with Crippen LogP contribution in [0.25, 0.3) is 5.69 Å². The Labute approximate surface area is 137 Å². The number of nitrogens with zero attached hydrogens (tertiary/aromatic N) is 4. The number of nitrogens with two attached hydrogens (primary N) is 2. The summed E-state index contributed by atoms with van der Waals surface area (Å²) in [5.41, 5.74) is 15.3. The van der Waals surface area contributed by atoms with Crippen LogP contribution in [0.2, 0.25) is 0 Å². The van der Waals surface area contributed by atoms with Gasteiger partial charge in [0.1, 0.15) is 0 Å². The Morgan fingerprint density at radius 2 is 1.55 bits per heavy atom. The number of halogens is 1. The van der Waals surface area contributed by atoms with Crippen LogP contribution in [0, 0.1) is 13.8 Å². The fourth-order valence-electron chi connectivity index (χ4n) is 1.88. The maximum absolute atomic E-state index is 5.65. The van der Waals surface area contributed by atoms with Gasteiger partial charge < -0.3 is 11.5 Å². The summed E-state index contributed by atoms with van der Waals surface area (Å²) in [5, 5.41) is 4.34. The molecule has 114 valence electrons. The molecule has 0 aromatic carbocycles. The van der Waals surface area contributed by atoms with Crippen LogP contribution in [0.1, 0.15) is 11.4 Å². The Bertz CT molecular complexity index is 751. The molecule has 0 saturated heterocycles. The van der Waals surface area contributed by atoms with E-state index >= 15 is 0 Å². The predicted octanol–water partition coefficient (Wildman–Crippen LogP) is 2.89. The van der Waals surface area contributed by atoms with E-state index in [9.17, 15) is 0 Å². The quantitative estimate of drug-likeness (QED) is 0.695. The van der Waals surface area contributed by atoms with Crippen molar-refractivity contribution < 1.29 is 0 Å². The largest absolute Gasteiger partial charge is 0.397 e. The molecule has 3 aromatic heterocycles. The second-order valence-electron chi connectivity index (χ2n) is 4.75. The highest BCUT2D eigenvalue weighted by molar-refractivity contribution is 9.10. The highest BCUT2D eigenvalue weighted by Crippen LogP contribution is 2.12. The highest BCUT2D eigenvalue weighted by Gasteiger charge is 2.03. The van der Waals surface area contributed by atoms with E-state index in [1.807, 2.05) is 30.7 Å². The first-order chi connectivity index (χ1) is 10.5. The molecule has 0 spiro atoms. The van der Waals surface area contributed by atoms with Crippen molar-refractivity contribution in [1.82, 2.24) is 19.7 Å². The van der Waals surface area contributed by atoms with E-state index in [0.29, 0.717) is 11.4 Å². The fourth-order valence-corrected chi connectivity index (χ4v) is 2.26. The molecule has 0 aliphatic heterocycles. The van der Waals surface area contributed by atoms with Gasteiger partial charge in [-0.1, -0.05) is 0 Å². The number of anilines is 2. The molecule has 0 aliphatic rings. The van der Waals surface area contributed by atoms with Crippen LogP contribution in [-0.2, 0) is 0 Å². The van der Waals surface area contributed by atoms with Crippen LogP contribution in [0.5, 0.6) is 0 Å². The minimum absolute atomic E-state index is 0.648. The van der Waals surface area contributed by atoms with E-state index in [-0.39, 0.29) is 0 Å². The molecule has 3 heterocycles. The molecule has 0 amide bonds. The van der Waals surface area contributed by atoms with Gasteiger partial charge in [0, 0.05) is 28.8 Å². The van der Waals surface area contributed by atoms with E-state index in [1.54, 1.807) is 30.9 Å². The summed E-state index contributed by atoms with van der Waals surface area (Å²) < 4.78 is 2.75. The van der Waals surface area contributed by atoms with Crippen LogP contribution in [0.3, 0.4) is 0 Å². The molecule has 0 unspecified atom stereocenters. The normalized spacial score (nSPS) is 9.95. The summed E-state index contributed by atoms with van der Waals surface area (Å²) in [6.45, 7) is 3.96. The molecule has 0 atom stereocenters. The number of nitrogen functional groups attached to an aromatic ring is 2. The standard InChI is InChI=1S/C10H12N4.C5H5BrN2/c1-7-3-8(2)14(13-7)10-4-9(11)5-12-6-10;6-4-1-5(7)3-8-2-4/h3-6H,11H2,1-2H3;1-3H,7H2. The van der Waals surface area contributed by atoms with E-state index in [0.717, 1.165) is 21.5 Å². The maximum Gasteiger partial charge on any atom is 0.0852 e. The van der Waals surface area contributed by atoms with Gasteiger partial charge in [-0.15, -0.1) is 0 Å². The number of aryl methyl sites for hydroxylation is 2. The molecule has 7 heteroatoms. The van der Waals surface area contributed by atoms with Crippen molar-refractivity contribution in [3.8, 4) is 5.69 Å². The summed E-state index contributed by atoms with van der Waals surface area (Å²) in [6, 6.07) is 5.67. The van der Waals surface area contributed by atoms with Crippen molar-refractivity contribution >= 4 is 27.3 Å². The average molecular weight is 361 g/mol. The van der Waals surface area contributed by atoms with Crippen LogP contribution in [-0.4, -0.2) is 19.7 Å². The van der Waals surface area contributed by atoms with Crippen molar-refractivity contribution in [1.29, 1.82) is 0 Å². The fraction of sp³-hybridized carbons (Fsp3) is 0.133. The monoisotopic (exact) mass is 360 g/mol. The summed E-state index contributed by atoms with van der Waals surface area (Å²) in [7, 11) is 0. The zero-order chi connectivity index (χ0) is 16.1. The number of hydrogen-bond donors (Lipinski definition) is 2. The van der Waals surface area contributed by atoms with Crippen molar-refractivity contribution in [2.24, 2.45) is 0 Å². The first-order valence-corrected chi connectivity index (χ1v) is 7.35. The van der Waals surface area contributed by atoms with Crippen LogP contribution in [0.15, 0.2) is 47.5 Å². The minimum atomic E-state index is 0.648. The number of pyridine rings is 2. The van der Waals surface area contributed by atoms with Crippen LogP contribution < -0.4 is 11.5 Å². The molecule has 0 radical (unpaired) electrons. The summed E-state index contributed by atoms with van der Waals surface area (Å²) >= 11 is 3.22. The van der Waals surface area contributed by atoms with Gasteiger partial charge in [-0.2, -0.15) is 5.10 Å². The van der Waals surface area contributed by atoms with Crippen molar-refractivity contribution in [2.45, 2.75) is 13.8 Å². The van der Waals surface area contributed by atoms with Crippen LogP contribution in [0.4, 0.5) is 11.4 Å². The second-order valence-corrected chi connectivity index (χ2v) is 5.67. The third-order valence-corrected chi connectivity index (χ3v) is 3.16. The molecule has 0 aliphatic carbocycles. The molecule has 3 aromatic rings. The zero-order valence-electron chi connectivity index (χ0n) is 12.4. The Hall–Kier alpha value is -2.41. The maximum atomic E-state index is 5.65. The Morgan fingerprint density at radius 1 is 0.909 bits per heavy atom. The Morgan fingerprint density at radius 3 is 2.00 bits per heavy atom. The predicted molar refractivity (Wildman–Crippen MR) is 91.6 cm³/mol. The Kier molecular flexibility index (Phi) is 5.11. The first-order valence-electron chi connectivity index (χ1n) is 6.56. The van der Waals surface area contributed by atoms with Gasteiger partial charge in [0.15, 0.2) is 0 Å². The van der Waals surface area contributed by atoms with Crippen molar-refractivity contribution in [2.75, 3.05) is 11.5 Å². The average Bonchev–Trinajstić information content (AvgIpc) is 2.78. The highest BCUT2D eigenvalue weighted by atomic mass is 79.9. The van der Waals surface area contributed by atoms with Gasteiger partial charge in [-0.25, -0.2) is 4.68 Å².